The standard InChI is InChI=1S/C7H8N2O4S.C7H10N2O2S.C6H6N2O5S.C6H8N2O3S/c1-5-4-6(9(10)11)2-3-7(5)14(8,12)13;1-5-4-6(8)2-3-7(5)12(9,10)11;7-14(12,13)6-2-1-4(8(10)11)3-5(6)9;7-4-1-2-6(5(9)3-4)12(8,10)11/h2-4H,1H3,(H2,8,12,13);2-4H,8H2,1H3,(H2,9,10,11);1-3,9H,(H2,7,12,13);1-3,9H,7H2,(H2,8,10,11). The van der Waals surface area contributed by atoms with Crippen molar-refractivity contribution in [2.75, 3.05) is 11.5 Å². The Morgan fingerprint density at radius 2 is 0.769 bits per heavy atom. The number of nitrogens with zero attached hydrogens (tertiary/aromatic N) is 2. The van der Waals surface area contributed by atoms with Gasteiger partial charge in [0.2, 0.25) is 40.1 Å². The third kappa shape index (κ3) is 13.7. The van der Waals surface area contributed by atoms with Gasteiger partial charge in [0.25, 0.3) is 11.4 Å². The van der Waals surface area contributed by atoms with Gasteiger partial charge in [0.1, 0.15) is 21.3 Å². The van der Waals surface area contributed by atoms with Crippen LogP contribution in [0.25, 0.3) is 0 Å². The molecule has 26 heteroatoms. The lowest BCUT2D eigenvalue weighted by Crippen LogP contribution is -2.13. The Morgan fingerprint density at radius 3 is 1.08 bits per heavy atom. The van der Waals surface area contributed by atoms with E-state index in [1.165, 1.54) is 31.2 Å². The number of phenols is 2. The third-order valence-corrected chi connectivity index (χ3v) is 9.99. The summed E-state index contributed by atoms with van der Waals surface area (Å²) in [5.41, 5.74) is 11.8. The fourth-order valence-electron chi connectivity index (χ4n) is 3.69. The molecule has 0 aliphatic rings. The fourth-order valence-corrected chi connectivity index (χ4v) is 6.44. The maximum absolute atomic E-state index is 10.9. The lowest BCUT2D eigenvalue weighted by atomic mass is 10.2. The molecule has 0 atom stereocenters. The SMILES string of the molecule is Cc1cc(N)ccc1S(N)(=O)=O.Cc1cc([N+](=O)[O-])ccc1S(N)(=O)=O.NS(=O)(=O)c1ccc([N+](=O)[O-])cc1O.Nc1ccc(S(N)(=O)=O)c(O)c1. The first kappa shape index (κ1) is 44.5. The topological polar surface area (TPSA) is 419 Å². The van der Waals surface area contributed by atoms with Crippen LogP contribution >= 0.6 is 0 Å². The molecule has 0 radical (unpaired) electrons. The zero-order valence-electron chi connectivity index (χ0n) is 26.7. The molecule has 0 saturated carbocycles. The zero-order valence-corrected chi connectivity index (χ0v) is 30.0. The molecule has 4 aromatic carbocycles. The third-order valence-electron chi connectivity index (χ3n) is 5.93. The number of hydrogen-bond acceptors (Lipinski definition) is 16. The van der Waals surface area contributed by atoms with Crippen LogP contribution in [-0.2, 0) is 40.1 Å². The van der Waals surface area contributed by atoms with Crippen molar-refractivity contribution in [1.29, 1.82) is 0 Å². The second-order valence-corrected chi connectivity index (χ2v) is 16.2. The largest absolute Gasteiger partial charge is 0.506 e. The first-order valence-corrected chi connectivity index (χ1v) is 19.4. The van der Waals surface area contributed by atoms with Gasteiger partial charge in [-0.15, -0.1) is 0 Å². The van der Waals surface area contributed by atoms with E-state index in [4.69, 9.17) is 42.2 Å². The monoisotopic (exact) mass is 808 g/mol. The molecule has 0 unspecified atom stereocenters. The highest BCUT2D eigenvalue weighted by molar-refractivity contribution is 7.90. The van der Waals surface area contributed by atoms with E-state index in [1.807, 2.05) is 0 Å². The van der Waals surface area contributed by atoms with Crippen LogP contribution in [0.2, 0.25) is 0 Å². The molecule has 0 aliphatic carbocycles. The second kappa shape index (κ2) is 17.2. The Balaban J connectivity index is 0.000000348. The summed E-state index contributed by atoms with van der Waals surface area (Å²) in [4.78, 5) is 18.4. The lowest BCUT2D eigenvalue weighted by Gasteiger charge is -2.02. The quantitative estimate of drug-likeness (QED) is 0.0739. The number of non-ortho nitro benzene ring substituents is 2. The summed E-state index contributed by atoms with van der Waals surface area (Å²) in [6, 6.07) is 14.0. The Hall–Kier alpha value is -5.48. The molecule has 0 aliphatic heterocycles. The number of nitrogen functional groups attached to an aromatic ring is 2. The van der Waals surface area contributed by atoms with Gasteiger partial charge in [-0.1, -0.05) is 0 Å². The first-order chi connectivity index (χ1) is 23.5. The Kier molecular flexibility index (Phi) is 14.7. The number of rotatable bonds is 6. The van der Waals surface area contributed by atoms with Crippen molar-refractivity contribution in [3.63, 3.8) is 0 Å². The highest BCUT2D eigenvalue weighted by atomic mass is 32.2. The van der Waals surface area contributed by atoms with Crippen molar-refractivity contribution in [1.82, 2.24) is 0 Å². The molecule has 0 amide bonds. The van der Waals surface area contributed by atoms with E-state index in [9.17, 15) is 53.9 Å². The summed E-state index contributed by atoms with van der Waals surface area (Å²) in [6.45, 7) is 3.10. The molecule has 0 fully saturated rings. The van der Waals surface area contributed by atoms with Gasteiger partial charge in [-0.3, -0.25) is 20.2 Å². The number of phenolic OH excluding ortho intramolecular Hbond substituents is 2. The Morgan fingerprint density at radius 1 is 0.481 bits per heavy atom. The fraction of sp³-hybridized carbons (Fsp3) is 0.0769. The van der Waals surface area contributed by atoms with Crippen molar-refractivity contribution in [2.24, 2.45) is 20.6 Å². The first-order valence-electron chi connectivity index (χ1n) is 13.2. The number of primary sulfonamides is 4. The number of nitro groups is 2. The molecule has 0 aromatic heterocycles. The Bertz CT molecular complexity index is 2270. The predicted octanol–water partition coefficient (Wildman–Crippen LogP) is 0.345. The van der Waals surface area contributed by atoms with Crippen LogP contribution in [0.1, 0.15) is 11.1 Å². The second-order valence-electron chi connectivity index (χ2n) is 10.0. The smallest absolute Gasteiger partial charge is 0.273 e. The van der Waals surface area contributed by atoms with E-state index in [2.05, 4.69) is 0 Å². The van der Waals surface area contributed by atoms with Gasteiger partial charge in [-0.25, -0.2) is 54.2 Å². The summed E-state index contributed by atoms with van der Waals surface area (Å²) in [7, 11) is -15.3. The number of nitro benzene ring substituents is 2. The molecule has 0 spiro atoms. The van der Waals surface area contributed by atoms with Gasteiger partial charge >= 0.3 is 0 Å². The Labute approximate surface area is 296 Å². The van der Waals surface area contributed by atoms with Crippen molar-refractivity contribution in [3.05, 3.63) is 104 Å². The number of aryl methyl sites for hydroxylation is 2. The van der Waals surface area contributed by atoms with Crippen molar-refractivity contribution < 1.29 is 53.7 Å². The lowest BCUT2D eigenvalue weighted by molar-refractivity contribution is -0.385. The van der Waals surface area contributed by atoms with Gasteiger partial charge in [0.15, 0.2) is 0 Å². The predicted molar refractivity (Wildman–Crippen MR) is 186 cm³/mol. The number of hydrogen-bond donors (Lipinski definition) is 8. The van der Waals surface area contributed by atoms with E-state index in [1.54, 1.807) is 13.0 Å². The number of anilines is 2. The molecule has 4 aromatic rings. The van der Waals surface area contributed by atoms with Crippen LogP contribution in [0.5, 0.6) is 11.5 Å². The molecule has 0 bridgehead atoms. The molecule has 0 heterocycles. The summed E-state index contributed by atoms with van der Waals surface area (Å²) in [6.07, 6.45) is 0. The molecule has 0 saturated heterocycles. The van der Waals surface area contributed by atoms with Crippen LogP contribution in [0, 0.1) is 34.1 Å². The van der Waals surface area contributed by atoms with Crippen LogP contribution < -0.4 is 32.0 Å². The van der Waals surface area contributed by atoms with E-state index in [0.717, 1.165) is 42.5 Å². The molecule has 284 valence electrons. The van der Waals surface area contributed by atoms with Gasteiger partial charge in [0.05, 0.1) is 25.7 Å². The van der Waals surface area contributed by atoms with Gasteiger partial charge < -0.3 is 21.7 Å². The van der Waals surface area contributed by atoms with E-state index >= 15 is 0 Å². The van der Waals surface area contributed by atoms with E-state index in [-0.39, 0.29) is 31.6 Å². The van der Waals surface area contributed by atoms with Gasteiger partial charge in [-0.05, 0) is 67.4 Å². The van der Waals surface area contributed by atoms with Crippen LogP contribution in [0.4, 0.5) is 22.7 Å². The molecular formula is C26H32N8O14S4. The highest BCUT2D eigenvalue weighted by Crippen LogP contribution is 2.26. The summed E-state index contributed by atoms with van der Waals surface area (Å²) >= 11 is 0. The van der Waals surface area contributed by atoms with Gasteiger partial charge in [0, 0.05) is 35.6 Å². The maximum atomic E-state index is 10.9. The molecule has 52 heavy (non-hydrogen) atoms. The molecule has 14 N–H and O–H groups in total. The normalized spacial score (nSPS) is 11.3. The number of sulfonamides is 4. The average Bonchev–Trinajstić information content (AvgIpc) is 2.95. The van der Waals surface area contributed by atoms with E-state index in [0.29, 0.717) is 11.3 Å². The minimum atomic E-state index is -4.05. The molecule has 4 rings (SSSR count). The van der Waals surface area contributed by atoms with Gasteiger partial charge in [-0.2, -0.15) is 0 Å². The van der Waals surface area contributed by atoms with E-state index < -0.39 is 72.0 Å². The molecule has 22 nitrogen and oxygen atoms in total. The van der Waals surface area contributed by atoms with Crippen molar-refractivity contribution >= 4 is 62.8 Å². The average molecular weight is 809 g/mol. The van der Waals surface area contributed by atoms with Crippen LogP contribution in [0.15, 0.2) is 92.4 Å². The number of nitrogens with two attached hydrogens (primary N) is 6. The number of benzene rings is 4. The van der Waals surface area contributed by atoms with Crippen molar-refractivity contribution in [2.45, 2.75) is 33.4 Å². The highest BCUT2D eigenvalue weighted by Gasteiger charge is 2.18. The van der Waals surface area contributed by atoms with Crippen LogP contribution in [0.3, 0.4) is 0 Å². The van der Waals surface area contributed by atoms with Crippen molar-refractivity contribution in [3.8, 4) is 11.5 Å². The summed E-state index contributed by atoms with van der Waals surface area (Å²) < 4.78 is 86.7. The van der Waals surface area contributed by atoms with Crippen LogP contribution in [-0.4, -0.2) is 53.7 Å². The zero-order chi connectivity index (χ0) is 40.6. The molecular weight excluding hydrogens is 777 g/mol. The maximum Gasteiger partial charge on any atom is 0.273 e. The minimum absolute atomic E-state index is 0.0944. The number of aromatic hydroxyl groups is 2. The summed E-state index contributed by atoms with van der Waals surface area (Å²) in [5.74, 6) is -1.17. The summed E-state index contributed by atoms with van der Waals surface area (Å²) in [5, 5.41) is 58.1. The minimum Gasteiger partial charge on any atom is -0.506 e.